The molecule has 2 unspecified atom stereocenters. The first-order valence-electron chi connectivity index (χ1n) is 6.02. The van der Waals surface area contributed by atoms with E-state index in [9.17, 15) is 0 Å². The molecule has 1 fully saturated rings. The van der Waals surface area contributed by atoms with Crippen molar-refractivity contribution in [3.63, 3.8) is 0 Å². The van der Waals surface area contributed by atoms with Crippen LogP contribution in [0.2, 0.25) is 0 Å². The van der Waals surface area contributed by atoms with Crippen molar-refractivity contribution >= 4 is 0 Å². The Kier molecular flexibility index (Phi) is 4.90. The molecule has 0 aromatic heterocycles. The Bertz CT molecular complexity index is 156. The second kappa shape index (κ2) is 5.72. The highest BCUT2D eigenvalue weighted by molar-refractivity contribution is 4.88. The van der Waals surface area contributed by atoms with E-state index in [0.717, 1.165) is 18.0 Å². The molecule has 0 amide bonds. The molecule has 1 rings (SSSR count). The second-order valence-corrected chi connectivity index (χ2v) is 5.06. The number of rotatable bonds is 5. The SMILES string of the molecule is CNC1CCCC1N(C)CCC(C)C. The third-order valence-electron chi connectivity index (χ3n) is 3.48. The fraction of sp³-hybridized carbons (Fsp3) is 1.00. The van der Waals surface area contributed by atoms with Gasteiger partial charge in [0.05, 0.1) is 0 Å². The van der Waals surface area contributed by atoms with E-state index in [1.165, 1.54) is 32.2 Å². The van der Waals surface area contributed by atoms with Gasteiger partial charge in [-0.2, -0.15) is 0 Å². The van der Waals surface area contributed by atoms with Gasteiger partial charge < -0.3 is 10.2 Å². The maximum Gasteiger partial charge on any atom is 0.0246 e. The van der Waals surface area contributed by atoms with Crippen molar-refractivity contribution in [2.24, 2.45) is 5.92 Å². The van der Waals surface area contributed by atoms with Crippen molar-refractivity contribution in [3.8, 4) is 0 Å². The first-order chi connectivity index (χ1) is 6.65. The van der Waals surface area contributed by atoms with Gasteiger partial charge in [-0.3, -0.25) is 0 Å². The van der Waals surface area contributed by atoms with Gasteiger partial charge in [-0.05, 0) is 45.8 Å². The summed E-state index contributed by atoms with van der Waals surface area (Å²) < 4.78 is 0. The molecule has 1 aliphatic rings. The van der Waals surface area contributed by atoms with Crippen molar-refractivity contribution in [1.29, 1.82) is 0 Å². The molecule has 0 saturated heterocycles. The second-order valence-electron chi connectivity index (χ2n) is 5.06. The Morgan fingerprint density at radius 1 is 1.36 bits per heavy atom. The lowest BCUT2D eigenvalue weighted by Crippen LogP contribution is -2.44. The average Bonchev–Trinajstić information content (AvgIpc) is 2.61. The van der Waals surface area contributed by atoms with Crippen LogP contribution in [-0.4, -0.2) is 37.6 Å². The van der Waals surface area contributed by atoms with Crippen LogP contribution in [0.25, 0.3) is 0 Å². The fourth-order valence-electron chi connectivity index (χ4n) is 2.43. The number of nitrogens with one attached hydrogen (secondary N) is 1. The van der Waals surface area contributed by atoms with Crippen LogP contribution < -0.4 is 5.32 Å². The minimum atomic E-state index is 0.729. The summed E-state index contributed by atoms with van der Waals surface area (Å²) in [6.07, 6.45) is 5.44. The Morgan fingerprint density at radius 2 is 2.07 bits per heavy atom. The molecule has 1 aliphatic carbocycles. The number of hydrogen-bond donors (Lipinski definition) is 1. The van der Waals surface area contributed by atoms with E-state index in [1.807, 2.05) is 0 Å². The van der Waals surface area contributed by atoms with E-state index >= 15 is 0 Å². The average molecular weight is 198 g/mol. The lowest BCUT2D eigenvalue weighted by Gasteiger charge is -2.29. The van der Waals surface area contributed by atoms with E-state index in [4.69, 9.17) is 0 Å². The molecule has 2 heteroatoms. The monoisotopic (exact) mass is 198 g/mol. The standard InChI is InChI=1S/C12H26N2/c1-10(2)8-9-14(4)12-7-5-6-11(12)13-3/h10-13H,5-9H2,1-4H3. The van der Waals surface area contributed by atoms with Crippen molar-refractivity contribution in [2.75, 3.05) is 20.6 Å². The summed E-state index contributed by atoms with van der Waals surface area (Å²) in [6, 6.07) is 1.51. The summed E-state index contributed by atoms with van der Waals surface area (Å²) in [5.74, 6) is 0.826. The van der Waals surface area contributed by atoms with Crippen molar-refractivity contribution in [3.05, 3.63) is 0 Å². The minimum Gasteiger partial charge on any atom is -0.315 e. The molecular formula is C12H26N2. The maximum absolute atomic E-state index is 3.44. The van der Waals surface area contributed by atoms with Gasteiger partial charge in [0.1, 0.15) is 0 Å². The molecule has 0 spiro atoms. The van der Waals surface area contributed by atoms with Gasteiger partial charge in [0.2, 0.25) is 0 Å². The zero-order chi connectivity index (χ0) is 10.6. The van der Waals surface area contributed by atoms with Crippen molar-refractivity contribution in [2.45, 2.75) is 51.6 Å². The summed E-state index contributed by atoms with van der Waals surface area (Å²) in [6.45, 7) is 5.86. The van der Waals surface area contributed by atoms with E-state index in [-0.39, 0.29) is 0 Å². The largest absolute Gasteiger partial charge is 0.315 e. The molecule has 1 N–H and O–H groups in total. The quantitative estimate of drug-likeness (QED) is 0.728. The fourth-order valence-corrected chi connectivity index (χ4v) is 2.43. The molecule has 0 aromatic rings. The van der Waals surface area contributed by atoms with Crippen LogP contribution in [0.5, 0.6) is 0 Å². The number of nitrogens with zero attached hydrogens (tertiary/aromatic N) is 1. The lowest BCUT2D eigenvalue weighted by atomic mass is 10.1. The molecule has 0 bridgehead atoms. The predicted molar refractivity (Wildman–Crippen MR) is 62.6 cm³/mol. The van der Waals surface area contributed by atoms with E-state index in [1.54, 1.807) is 0 Å². The summed E-state index contributed by atoms with van der Waals surface area (Å²) in [5, 5.41) is 3.44. The maximum atomic E-state index is 3.44. The zero-order valence-corrected chi connectivity index (χ0v) is 10.2. The zero-order valence-electron chi connectivity index (χ0n) is 10.2. The topological polar surface area (TPSA) is 15.3 Å². The molecule has 2 nitrogen and oxygen atoms in total. The smallest absolute Gasteiger partial charge is 0.0246 e. The summed E-state index contributed by atoms with van der Waals surface area (Å²) in [5.41, 5.74) is 0. The van der Waals surface area contributed by atoms with Crippen LogP contribution in [0.4, 0.5) is 0 Å². The Hall–Kier alpha value is -0.0800. The molecular weight excluding hydrogens is 172 g/mol. The number of hydrogen-bond acceptors (Lipinski definition) is 2. The normalized spacial score (nSPS) is 27.9. The summed E-state index contributed by atoms with van der Waals surface area (Å²) in [4.78, 5) is 2.55. The molecule has 0 radical (unpaired) electrons. The first-order valence-corrected chi connectivity index (χ1v) is 6.02. The van der Waals surface area contributed by atoms with Gasteiger partial charge in [0.25, 0.3) is 0 Å². The van der Waals surface area contributed by atoms with Crippen molar-refractivity contribution < 1.29 is 0 Å². The van der Waals surface area contributed by atoms with E-state index in [2.05, 4.69) is 38.2 Å². The van der Waals surface area contributed by atoms with Crippen LogP contribution >= 0.6 is 0 Å². The third kappa shape index (κ3) is 3.25. The molecule has 0 aliphatic heterocycles. The highest BCUT2D eigenvalue weighted by Gasteiger charge is 2.28. The Morgan fingerprint density at radius 3 is 2.64 bits per heavy atom. The first kappa shape index (κ1) is 12.0. The van der Waals surface area contributed by atoms with Crippen molar-refractivity contribution in [1.82, 2.24) is 10.2 Å². The Balaban J connectivity index is 2.31. The molecule has 1 saturated carbocycles. The van der Waals surface area contributed by atoms with Crippen LogP contribution in [0.15, 0.2) is 0 Å². The molecule has 14 heavy (non-hydrogen) atoms. The van der Waals surface area contributed by atoms with Gasteiger partial charge in [-0.25, -0.2) is 0 Å². The van der Waals surface area contributed by atoms with E-state index in [0.29, 0.717) is 0 Å². The van der Waals surface area contributed by atoms with E-state index < -0.39 is 0 Å². The van der Waals surface area contributed by atoms with Gasteiger partial charge in [0.15, 0.2) is 0 Å². The molecule has 0 aromatic carbocycles. The molecule has 0 heterocycles. The Labute approximate surface area is 89.1 Å². The summed E-state index contributed by atoms with van der Waals surface area (Å²) in [7, 11) is 4.38. The third-order valence-corrected chi connectivity index (χ3v) is 3.48. The van der Waals surface area contributed by atoms with Gasteiger partial charge in [-0.1, -0.05) is 20.3 Å². The van der Waals surface area contributed by atoms with Crippen LogP contribution in [0.1, 0.15) is 39.5 Å². The van der Waals surface area contributed by atoms with Crippen LogP contribution in [0.3, 0.4) is 0 Å². The summed E-state index contributed by atoms with van der Waals surface area (Å²) >= 11 is 0. The lowest BCUT2D eigenvalue weighted by molar-refractivity contribution is 0.205. The number of likely N-dealkylation sites (N-methyl/N-ethyl adjacent to an activating group) is 2. The van der Waals surface area contributed by atoms with Crippen LogP contribution in [-0.2, 0) is 0 Å². The highest BCUT2D eigenvalue weighted by Crippen LogP contribution is 2.23. The van der Waals surface area contributed by atoms with Gasteiger partial charge >= 0.3 is 0 Å². The molecule has 84 valence electrons. The van der Waals surface area contributed by atoms with Crippen LogP contribution in [0, 0.1) is 5.92 Å². The van der Waals surface area contributed by atoms with Gasteiger partial charge in [0, 0.05) is 12.1 Å². The highest BCUT2D eigenvalue weighted by atomic mass is 15.2. The molecule has 2 atom stereocenters. The minimum absolute atomic E-state index is 0.729. The van der Waals surface area contributed by atoms with Gasteiger partial charge in [-0.15, -0.1) is 0 Å². The predicted octanol–water partition coefficient (Wildman–Crippen LogP) is 2.10.